The summed E-state index contributed by atoms with van der Waals surface area (Å²) in [4.78, 5) is 28.0. The summed E-state index contributed by atoms with van der Waals surface area (Å²) in [5.74, 6) is -0.409. The van der Waals surface area contributed by atoms with Gasteiger partial charge in [0.2, 0.25) is 11.8 Å². The van der Waals surface area contributed by atoms with Crippen LogP contribution in [0.4, 0.5) is 5.69 Å². The van der Waals surface area contributed by atoms with Gasteiger partial charge in [0.05, 0.1) is 27.7 Å². The maximum Gasteiger partial charge on any atom is 0.264 e. The molecule has 1 N–H and O–H groups in total. The van der Waals surface area contributed by atoms with Crippen molar-refractivity contribution in [3.8, 4) is 5.75 Å². The van der Waals surface area contributed by atoms with E-state index in [1.165, 1.54) is 31.2 Å². The van der Waals surface area contributed by atoms with Gasteiger partial charge in [0.1, 0.15) is 18.3 Å². The van der Waals surface area contributed by atoms with E-state index >= 15 is 0 Å². The van der Waals surface area contributed by atoms with Crippen LogP contribution in [0, 0.1) is 0 Å². The molecule has 0 aliphatic carbocycles. The third kappa shape index (κ3) is 6.78. The van der Waals surface area contributed by atoms with Gasteiger partial charge in [0.25, 0.3) is 10.0 Å². The van der Waals surface area contributed by atoms with Crippen LogP contribution in [0.2, 0.25) is 10.0 Å². The minimum atomic E-state index is -4.14. The molecule has 0 saturated carbocycles. The van der Waals surface area contributed by atoms with E-state index < -0.39 is 28.5 Å². The lowest BCUT2D eigenvalue weighted by atomic mass is 10.1. The first kappa shape index (κ1) is 29.3. The highest BCUT2D eigenvalue weighted by Crippen LogP contribution is 2.27. The van der Waals surface area contributed by atoms with Crippen LogP contribution in [-0.4, -0.2) is 51.9 Å². The molecule has 202 valence electrons. The van der Waals surface area contributed by atoms with Crippen LogP contribution < -0.4 is 14.4 Å². The van der Waals surface area contributed by atoms with Crippen molar-refractivity contribution in [1.82, 2.24) is 10.2 Å². The van der Waals surface area contributed by atoms with Crippen molar-refractivity contribution >= 4 is 50.7 Å². The largest absolute Gasteiger partial charge is 0.497 e. The lowest BCUT2D eigenvalue weighted by molar-refractivity contribution is -0.140. The van der Waals surface area contributed by atoms with Crippen molar-refractivity contribution in [2.45, 2.75) is 30.8 Å². The molecule has 0 unspecified atom stereocenters. The average molecular weight is 579 g/mol. The fourth-order valence-corrected chi connectivity index (χ4v) is 5.67. The molecule has 3 aromatic carbocycles. The van der Waals surface area contributed by atoms with Gasteiger partial charge < -0.3 is 15.0 Å². The fourth-order valence-electron chi connectivity index (χ4n) is 3.92. The fraction of sp³-hybridized carbons (Fsp3) is 0.259. The molecule has 8 nitrogen and oxygen atoms in total. The minimum absolute atomic E-state index is 0.0173. The molecule has 0 bridgehead atoms. The molecule has 1 atom stereocenters. The number of carbonyl (C=O) groups is 2. The van der Waals surface area contributed by atoms with Crippen LogP contribution in [0.5, 0.6) is 5.75 Å². The molecule has 0 radical (unpaired) electrons. The Bertz CT molecular complexity index is 1370. The Balaban J connectivity index is 2.06. The maximum atomic E-state index is 13.9. The Morgan fingerprint density at radius 1 is 0.974 bits per heavy atom. The third-order valence-electron chi connectivity index (χ3n) is 5.94. The van der Waals surface area contributed by atoms with Gasteiger partial charge in [-0.3, -0.25) is 13.9 Å². The number of hydrogen-bond acceptors (Lipinski definition) is 5. The SMILES string of the molecule is CC[C@@H](C(=O)NC)N(Cc1ccc(Cl)c(Cl)c1)C(=O)CN(c1ccc(OC)cc1)S(=O)(=O)c1ccccc1. The number of hydrogen-bond donors (Lipinski definition) is 1. The van der Waals surface area contributed by atoms with Gasteiger partial charge >= 0.3 is 0 Å². The van der Waals surface area contributed by atoms with Crippen LogP contribution in [0.3, 0.4) is 0 Å². The summed E-state index contributed by atoms with van der Waals surface area (Å²) in [6.07, 6.45) is 0.306. The van der Waals surface area contributed by atoms with Crippen molar-refractivity contribution < 1.29 is 22.7 Å². The third-order valence-corrected chi connectivity index (χ3v) is 8.47. The zero-order valence-electron chi connectivity index (χ0n) is 21.2. The number of benzene rings is 3. The molecule has 3 rings (SSSR count). The van der Waals surface area contributed by atoms with Gasteiger partial charge in [-0.25, -0.2) is 8.42 Å². The minimum Gasteiger partial charge on any atom is -0.497 e. The van der Waals surface area contributed by atoms with Crippen LogP contribution >= 0.6 is 23.2 Å². The molecule has 2 amide bonds. The molecule has 0 aliphatic rings. The summed E-state index contributed by atoms with van der Waals surface area (Å²) >= 11 is 12.2. The highest BCUT2D eigenvalue weighted by molar-refractivity contribution is 7.92. The maximum absolute atomic E-state index is 13.9. The second kappa shape index (κ2) is 13.0. The van der Waals surface area contributed by atoms with Crippen LogP contribution in [0.1, 0.15) is 18.9 Å². The predicted octanol–water partition coefficient (Wildman–Crippen LogP) is 4.75. The van der Waals surface area contributed by atoms with Crippen molar-refractivity contribution in [2.75, 3.05) is 25.0 Å². The Hall–Kier alpha value is -3.27. The molecule has 3 aromatic rings. The topological polar surface area (TPSA) is 96.0 Å². The van der Waals surface area contributed by atoms with Crippen molar-refractivity contribution in [3.05, 3.63) is 88.4 Å². The number of carbonyl (C=O) groups excluding carboxylic acids is 2. The van der Waals surface area contributed by atoms with Crippen LogP contribution in [-0.2, 0) is 26.2 Å². The number of ether oxygens (including phenoxy) is 1. The molecular weight excluding hydrogens is 549 g/mol. The van der Waals surface area contributed by atoms with Gasteiger partial charge in [-0.1, -0.05) is 54.4 Å². The summed E-state index contributed by atoms with van der Waals surface area (Å²) in [7, 11) is -1.16. The molecule has 0 spiro atoms. The molecule has 0 fully saturated rings. The number of nitrogens with zero attached hydrogens (tertiary/aromatic N) is 2. The van der Waals surface area contributed by atoms with Crippen LogP contribution in [0.25, 0.3) is 0 Å². The molecule has 11 heteroatoms. The van der Waals surface area contributed by atoms with Gasteiger partial charge in [0.15, 0.2) is 0 Å². The molecular formula is C27H29Cl2N3O5S. The van der Waals surface area contributed by atoms with E-state index in [4.69, 9.17) is 27.9 Å². The monoisotopic (exact) mass is 577 g/mol. The average Bonchev–Trinajstić information content (AvgIpc) is 2.93. The Morgan fingerprint density at radius 3 is 2.18 bits per heavy atom. The van der Waals surface area contributed by atoms with Gasteiger partial charge in [-0.2, -0.15) is 0 Å². The van der Waals surface area contributed by atoms with Gasteiger partial charge in [-0.05, 0) is 60.5 Å². The predicted molar refractivity (Wildman–Crippen MR) is 149 cm³/mol. The summed E-state index contributed by atoms with van der Waals surface area (Å²) in [5.41, 5.74) is 0.905. The summed E-state index contributed by atoms with van der Waals surface area (Å²) in [6.45, 7) is 1.25. The summed E-state index contributed by atoms with van der Waals surface area (Å²) < 4.78 is 33.7. The molecule has 0 aliphatic heterocycles. The molecule has 0 heterocycles. The van der Waals surface area contributed by atoms with E-state index in [1.54, 1.807) is 67.6 Å². The molecule has 38 heavy (non-hydrogen) atoms. The highest BCUT2D eigenvalue weighted by Gasteiger charge is 2.33. The van der Waals surface area contributed by atoms with E-state index in [2.05, 4.69) is 5.32 Å². The number of likely N-dealkylation sites (N-methyl/N-ethyl adjacent to an activating group) is 1. The Kier molecular flexibility index (Phi) is 10.0. The highest BCUT2D eigenvalue weighted by atomic mass is 35.5. The number of methoxy groups -OCH3 is 1. The van der Waals surface area contributed by atoms with E-state index in [0.717, 1.165) is 4.31 Å². The summed E-state index contributed by atoms with van der Waals surface area (Å²) in [5, 5.41) is 3.24. The molecule has 0 saturated heterocycles. The zero-order chi connectivity index (χ0) is 27.9. The first-order valence-electron chi connectivity index (χ1n) is 11.8. The first-order chi connectivity index (χ1) is 18.1. The van der Waals surface area contributed by atoms with Gasteiger partial charge in [0, 0.05) is 13.6 Å². The Labute approximate surface area is 233 Å². The quantitative estimate of drug-likeness (QED) is 0.354. The number of amides is 2. The smallest absolute Gasteiger partial charge is 0.264 e. The number of anilines is 1. The van der Waals surface area contributed by atoms with E-state index in [0.29, 0.717) is 27.8 Å². The number of rotatable bonds is 11. The van der Waals surface area contributed by atoms with Crippen LogP contribution in [0.15, 0.2) is 77.7 Å². The summed E-state index contributed by atoms with van der Waals surface area (Å²) in [6, 6.07) is 18.3. The Morgan fingerprint density at radius 2 is 1.63 bits per heavy atom. The lowest BCUT2D eigenvalue weighted by Crippen LogP contribution is -2.51. The second-order valence-corrected chi connectivity index (χ2v) is 11.0. The van der Waals surface area contributed by atoms with Crippen molar-refractivity contribution in [3.63, 3.8) is 0 Å². The second-order valence-electron chi connectivity index (χ2n) is 8.33. The van der Waals surface area contributed by atoms with Crippen molar-refractivity contribution in [2.24, 2.45) is 0 Å². The number of halogens is 2. The van der Waals surface area contributed by atoms with E-state index in [9.17, 15) is 18.0 Å². The molecule has 0 aromatic heterocycles. The van der Waals surface area contributed by atoms with E-state index in [1.807, 2.05) is 0 Å². The van der Waals surface area contributed by atoms with E-state index in [-0.39, 0.29) is 23.0 Å². The van der Waals surface area contributed by atoms with Crippen molar-refractivity contribution in [1.29, 1.82) is 0 Å². The zero-order valence-corrected chi connectivity index (χ0v) is 23.6. The number of nitrogens with one attached hydrogen (secondary N) is 1. The van der Waals surface area contributed by atoms with Gasteiger partial charge in [-0.15, -0.1) is 0 Å². The first-order valence-corrected chi connectivity index (χ1v) is 14.0. The lowest BCUT2D eigenvalue weighted by Gasteiger charge is -2.33. The number of sulfonamides is 1. The normalized spacial score (nSPS) is 11.9. The standard InChI is InChI=1S/C27H29Cl2N3O5S/c1-4-25(27(34)30-2)31(17-19-10-15-23(28)24(29)16-19)26(33)18-32(20-11-13-21(37-3)14-12-20)38(35,36)22-8-6-5-7-9-22/h5-16,25H,4,17-18H2,1-3H3,(H,30,34)/t25-/m0/s1.